The Balaban J connectivity index is 1.90. The first kappa shape index (κ1) is 21.5. The van der Waals surface area contributed by atoms with E-state index in [1.54, 1.807) is 6.07 Å². The molecule has 28 heavy (non-hydrogen) atoms. The Hall–Kier alpha value is -1.24. The van der Waals surface area contributed by atoms with Gasteiger partial charge in [0, 0.05) is 19.7 Å². The second kappa shape index (κ2) is 7.22. The van der Waals surface area contributed by atoms with E-state index >= 15 is 0 Å². The monoisotopic (exact) mass is 479 g/mol. The highest BCUT2D eigenvalue weighted by Gasteiger charge is 2.57. The number of hydrogen-bond acceptors (Lipinski definition) is 8. The summed E-state index contributed by atoms with van der Waals surface area (Å²) in [6.07, 6.45) is -3.57. The van der Waals surface area contributed by atoms with Crippen LogP contribution in [0.3, 0.4) is 0 Å². The molecule has 15 heteroatoms. The van der Waals surface area contributed by atoms with Gasteiger partial charge in [0.2, 0.25) is 15.4 Å². The molecule has 0 aromatic carbocycles. The molecular weight excluding hydrogens is 469 g/mol. The number of halogens is 7. The third-order valence-corrected chi connectivity index (χ3v) is 5.02. The van der Waals surface area contributed by atoms with Gasteiger partial charge >= 0.3 is 6.18 Å². The molecule has 2 aliphatic heterocycles. The van der Waals surface area contributed by atoms with Crippen LogP contribution in [0.15, 0.2) is 28.5 Å². The Kier molecular flexibility index (Phi) is 5.54. The molecule has 1 aromatic heterocycles. The van der Waals surface area contributed by atoms with Crippen molar-refractivity contribution in [1.29, 1.82) is 0 Å². The number of hydrogen-bond donors (Lipinski definition) is 2. The molecule has 0 amide bonds. The third-order valence-electron chi connectivity index (χ3n) is 3.82. The molecule has 3 heterocycles. The zero-order chi connectivity index (χ0) is 20.9. The van der Waals surface area contributed by atoms with Gasteiger partial charge in [0.15, 0.2) is 5.82 Å². The van der Waals surface area contributed by atoms with Crippen molar-refractivity contribution in [3.05, 3.63) is 23.4 Å². The molecule has 2 N–H and O–H groups in total. The van der Waals surface area contributed by atoms with E-state index in [0.29, 0.717) is 5.01 Å². The van der Waals surface area contributed by atoms with E-state index in [1.165, 1.54) is 12.3 Å². The molecule has 1 unspecified atom stereocenters. The molecule has 0 bridgehead atoms. The van der Waals surface area contributed by atoms with Crippen molar-refractivity contribution >= 4 is 63.8 Å². The van der Waals surface area contributed by atoms with E-state index < -0.39 is 21.5 Å². The summed E-state index contributed by atoms with van der Waals surface area (Å²) in [5.41, 5.74) is 0.387. The lowest BCUT2D eigenvalue weighted by molar-refractivity contribution is -0.0681. The topological polar surface area (TPSA) is 79.6 Å². The standard InChI is InChI=1S/C13H12Cl4F3N7O/c1-25-10(12(18,19)20)23-26(24-25)6-7-5-11(28,13(15,16)17)27(22-7)9-8(14)3-2-4-21-9/h2-4,24,28H,5-6H2,1H3. The van der Waals surface area contributed by atoms with Crippen molar-refractivity contribution in [3.63, 3.8) is 0 Å². The summed E-state index contributed by atoms with van der Waals surface area (Å²) in [6, 6.07) is 3.05. The van der Waals surface area contributed by atoms with E-state index in [-0.39, 0.29) is 29.5 Å². The second-order valence-corrected chi connectivity index (χ2v) is 8.60. The Morgan fingerprint density at radius 3 is 2.50 bits per heavy atom. The van der Waals surface area contributed by atoms with Crippen LogP contribution < -0.4 is 10.5 Å². The first-order valence-corrected chi connectivity index (χ1v) is 9.03. The smallest absolute Gasteiger partial charge is 0.365 e. The van der Waals surface area contributed by atoms with E-state index in [1.807, 2.05) is 0 Å². The van der Waals surface area contributed by atoms with Crippen LogP contribution in [-0.2, 0) is 0 Å². The highest BCUT2D eigenvalue weighted by molar-refractivity contribution is 6.68. The van der Waals surface area contributed by atoms with Crippen LogP contribution in [0, 0.1) is 0 Å². The van der Waals surface area contributed by atoms with Gasteiger partial charge in [0.05, 0.1) is 17.3 Å². The maximum atomic E-state index is 12.9. The summed E-state index contributed by atoms with van der Waals surface area (Å²) < 4.78 is 36.5. The minimum absolute atomic E-state index is 0.0129. The highest BCUT2D eigenvalue weighted by atomic mass is 35.6. The second-order valence-electron chi connectivity index (χ2n) is 5.92. The number of aromatic nitrogens is 1. The number of nitrogens with one attached hydrogen (secondary N) is 1. The summed E-state index contributed by atoms with van der Waals surface area (Å²) in [5, 5.41) is 21.3. The van der Waals surface area contributed by atoms with E-state index in [9.17, 15) is 18.3 Å². The molecule has 0 saturated carbocycles. The lowest BCUT2D eigenvalue weighted by Gasteiger charge is -2.37. The molecule has 0 radical (unpaired) electrons. The maximum Gasteiger partial charge on any atom is 0.452 e. The summed E-state index contributed by atoms with van der Waals surface area (Å²) in [6.45, 7) is -0.242. The Morgan fingerprint density at radius 2 is 1.96 bits per heavy atom. The van der Waals surface area contributed by atoms with Gasteiger partial charge < -0.3 is 5.11 Å². The summed E-state index contributed by atoms with van der Waals surface area (Å²) in [7, 11) is 1.15. The van der Waals surface area contributed by atoms with Crippen molar-refractivity contribution in [3.8, 4) is 0 Å². The number of pyridine rings is 1. The zero-order valence-corrected chi connectivity index (χ0v) is 16.9. The molecule has 0 spiro atoms. The molecule has 1 atom stereocenters. The zero-order valence-electron chi connectivity index (χ0n) is 13.9. The van der Waals surface area contributed by atoms with Crippen LogP contribution in [0.25, 0.3) is 0 Å². The SMILES string of the molecule is CN1NN(CC2=NN(c3ncccc3Cl)C(O)(C(Cl)(Cl)Cl)C2)N=C1C(F)(F)F. The summed E-state index contributed by atoms with van der Waals surface area (Å²) >= 11 is 23.9. The largest absolute Gasteiger partial charge is 0.452 e. The third kappa shape index (κ3) is 3.91. The molecule has 2 aliphatic rings. The number of hydrazone groups is 2. The van der Waals surface area contributed by atoms with Crippen molar-refractivity contribution in [2.75, 3.05) is 18.6 Å². The fourth-order valence-electron chi connectivity index (χ4n) is 2.60. The summed E-state index contributed by atoms with van der Waals surface area (Å²) in [5.74, 6) is -1.13. The van der Waals surface area contributed by atoms with Crippen LogP contribution in [0.1, 0.15) is 6.42 Å². The van der Waals surface area contributed by atoms with Crippen molar-refractivity contribution in [1.82, 2.24) is 20.6 Å². The highest BCUT2D eigenvalue weighted by Crippen LogP contribution is 2.48. The van der Waals surface area contributed by atoms with Gasteiger partial charge in [-0.2, -0.15) is 18.3 Å². The van der Waals surface area contributed by atoms with Gasteiger partial charge in [-0.1, -0.05) is 46.4 Å². The van der Waals surface area contributed by atoms with E-state index in [2.05, 4.69) is 20.7 Å². The van der Waals surface area contributed by atoms with Crippen LogP contribution >= 0.6 is 46.4 Å². The average Bonchev–Trinajstić information content (AvgIpc) is 3.08. The molecule has 8 nitrogen and oxygen atoms in total. The van der Waals surface area contributed by atoms with E-state index in [4.69, 9.17) is 46.4 Å². The summed E-state index contributed by atoms with van der Waals surface area (Å²) in [4.78, 5) is 4.03. The molecule has 1 aromatic rings. The van der Waals surface area contributed by atoms with Gasteiger partial charge in [-0.3, -0.25) is 5.01 Å². The number of amidine groups is 1. The predicted molar refractivity (Wildman–Crippen MR) is 100 cm³/mol. The number of aliphatic hydroxyl groups is 1. The molecule has 0 aliphatic carbocycles. The first-order valence-electron chi connectivity index (χ1n) is 7.52. The number of alkyl halides is 6. The fraction of sp³-hybridized carbons (Fsp3) is 0.462. The van der Waals surface area contributed by atoms with Gasteiger partial charge in [0.25, 0.3) is 0 Å². The number of rotatable bonds is 3. The normalized spacial score (nSPS) is 23.4. The first-order chi connectivity index (χ1) is 12.8. The lowest BCUT2D eigenvalue weighted by atomic mass is 10.1. The Morgan fingerprint density at radius 1 is 1.29 bits per heavy atom. The van der Waals surface area contributed by atoms with Crippen molar-refractivity contribution in [2.24, 2.45) is 10.2 Å². The molecule has 3 rings (SSSR count). The van der Waals surface area contributed by atoms with Crippen LogP contribution in [0.2, 0.25) is 5.02 Å². The van der Waals surface area contributed by atoms with Gasteiger partial charge in [-0.25, -0.2) is 15.1 Å². The fourth-order valence-corrected chi connectivity index (χ4v) is 3.24. The van der Waals surface area contributed by atoms with Gasteiger partial charge in [-0.05, 0) is 12.1 Å². The lowest BCUT2D eigenvalue weighted by Crippen LogP contribution is -2.54. The van der Waals surface area contributed by atoms with Gasteiger partial charge in [-0.15, -0.1) is 10.6 Å². The van der Waals surface area contributed by atoms with Crippen LogP contribution in [0.5, 0.6) is 0 Å². The minimum Gasteiger partial charge on any atom is -0.365 e. The molecule has 0 fully saturated rings. The minimum atomic E-state index is -4.65. The maximum absolute atomic E-state index is 12.9. The molecule has 154 valence electrons. The van der Waals surface area contributed by atoms with E-state index in [0.717, 1.165) is 17.2 Å². The number of nitrogens with zero attached hydrogens (tertiary/aromatic N) is 6. The number of hydrazine groups is 2. The Labute approximate surface area is 177 Å². The number of anilines is 1. The molecular formula is C13H12Cl4F3N7O. The quantitative estimate of drug-likeness (QED) is 0.647. The van der Waals surface area contributed by atoms with Crippen molar-refractivity contribution in [2.45, 2.75) is 22.1 Å². The van der Waals surface area contributed by atoms with Crippen LogP contribution in [0.4, 0.5) is 19.0 Å². The van der Waals surface area contributed by atoms with Crippen LogP contribution in [-0.4, -0.2) is 61.1 Å². The Bertz CT molecular complexity index is 831. The van der Waals surface area contributed by atoms with Gasteiger partial charge in [0.1, 0.15) is 0 Å². The predicted octanol–water partition coefficient (Wildman–Crippen LogP) is 2.90. The van der Waals surface area contributed by atoms with Crippen molar-refractivity contribution < 1.29 is 18.3 Å². The average molecular weight is 481 g/mol. The molecule has 0 saturated heterocycles.